The predicted molar refractivity (Wildman–Crippen MR) is 122 cm³/mol. The van der Waals surface area contributed by atoms with Gasteiger partial charge in [-0.3, -0.25) is 4.79 Å². The fourth-order valence-corrected chi connectivity index (χ4v) is 4.23. The number of aromatic nitrogens is 1. The van der Waals surface area contributed by atoms with E-state index in [0.717, 1.165) is 48.4 Å². The Balaban J connectivity index is 1.34. The Morgan fingerprint density at radius 3 is 2.56 bits per heavy atom. The Morgan fingerprint density at radius 2 is 1.84 bits per heavy atom. The number of nitrogens with zero attached hydrogens (tertiary/aromatic N) is 2. The molecule has 0 radical (unpaired) electrons. The molecule has 1 N–H and O–H groups in total. The predicted octanol–water partition coefficient (Wildman–Crippen LogP) is 4.90. The molecule has 0 spiro atoms. The molecule has 7 heteroatoms. The molecule has 1 saturated carbocycles. The molecule has 1 amide bonds. The molecule has 1 aliphatic heterocycles. The number of nitrogens with one attached hydrogen (secondary N) is 1. The van der Waals surface area contributed by atoms with E-state index in [-0.39, 0.29) is 12.7 Å². The van der Waals surface area contributed by atoms with E-state index in [1.807, 2.05) is 37.3 Å². The summed E-state index contributed by atoms with van der Waals surface area (Å²) in [5.41, 5.74) is 3.90. The summed E-state index contributed by atoms with van der Waals surface area (Å²) in [6.07, 6.45) is 1.51. The van der Waals surface area contributed by atoms with Gasteiger partial charge in [0.15, 0.2) is 17.3 Å². The summed E-state index contributed by atoms with van der Waals surface area (Å²) in [5.74, 6) is 1.97. The maximum absolute atomic E-state index is 13.2. The summed E-state index contributed by atoms with van der Waals surface area (Å²) in [7, 11) is 0. The summed E-state index contributed by atoms with van der Waals surface area (Å²) in [6.45, 7) is 8.42. The molecule has 0 atom stereocenters. The first-order valence-corrected chi connectivity index (χ1v) is 11.1. The molecule has 5 rings (SSSR count). The minimum atomic E-state index is -0.637. The number of ether oxygens (including phenoxy) is 2. The number of amides is 1. The molecule has 7 nitrogen and oxygen atoms in total. The van der Waals surface area contributed by atoms with Crippen molar-refractivity contribution in [1.82, 2.24) is 5.16 Å². The fraction of sp³-hybridized carbons (Fsp3) is 0.360. The average Bonchev–Trinajstić information content (AvgIpc) is 3.23. The molecule has 166 valence electrons. The van der Waals surface area contributed by atoms with Crippen LogP contribution in [-0.4, -0.2) is 30.9 Å². The van der Waals surface area contributed by atoms with Crippen LogP contribution in [0.25, 0.3) is 11.3 Å². The summed E-state index contributed by atoms with van der Waals surface area (Å²) < 4.78 is 16.4. The van der Waals surface area contributed by atoms with Crippen LogP contribution in [0.4, 0.5) is 11.4 Å². The van der Waals surface area contributed by atoms with Gasteiger partial charge in [0.05, 0.1) is 11.1 Å². The van der Waals surface area contributed by atoms with Crippen molar-refractivity contribution in [3.8, 4) is 22.8 Å². The van der Waals surface area contributed by atoms with Gasteiger partial charge in [0.25, 0.3) is 0 Å². The van der Waals surface area contributed by atoms with Gasteiger partial charge in [-0.05, 0) is 75.6 Å². The average molecular weight is 434 g/mol. The number of carbonyl (C=O) groups is 1. The van der Waals surface area contributed by atoms with Gasteiger partial charge in [-0.25, -0.2) is 0 Å². The van der Waals surface area contributed by atoms with E-state index in [0.29, 0.717) is 23.0 Å². The SMILES string of the molecule is CCN(CC)c1ccc(NC(=O)C2(c3cc(-c4ccc5c(c4)OCO5)on3)CC2)c(C)c1. The van der Waals surface area contributed by atoms with Crippen molar-refractivity contribution in [1.29, 1.82) is 0 Å². The van der Waals surface area contributed by atoms with Crippen LogP contribution in [0.3, 0.4) is 0 Å². The van der Waals surface area contributed by atoms with Gasteiger partial charge in [-0.15, -0.1) is 0 Å². The maximum atomic E-state index is 13.2. The number of rotatable bonds is 7. The van der Waals surface area contributed by atoms with Gasteiger partial charge >= 0.3 is 0 Å². The topological polar surface area (TPSA) is 76.8 Å². The monoisotopic (exact) mass is 433 g/mol. The van der Waals surface area contributed by atoms with Crippen LogP contribution >= 0.6 is 0 Å². The third-order valence-electron chi connectivity index (χ3n) is 6.43. The maximum Gasteiger partial charge on any atom is 0.236 e. The van der Waals surface area contributed by atoms with E-state index in [4.69, 9.17) is 14.0 Å². The van der Waals surface area contributed by atoms with Crippen LogP contribution < -0.4 is 19.7 Å². The Hall–Kier alpha value is -3.48. The highest BCUT2D eigenvalue weighted by Gasteiger charge is 2.54. The largest absolute Gasteiger partial charge is 0.454 e. The van der Waals surface area contributed by atoms with Gasteiger partial charge in [0.1, 0.15) is 0 Å². The molecule has 0 bridgehead atoms. The Labute approximate surface area is 187 Å². The number of aryl methyl sites for hydroxylation is 1. The Kier molecular flexibility index (Phi) is 5.04. The van der Waals surface area contributed by atoms with Crippen LogP contribution in [0, 0.1) is 6.92 Å². The number of anilines is 2. The smallest absolute Gasteiger partial charge is 0.236 e. The fourth-order valence-electron chi connectivity index (χ4n) is 4.23. The number of carbonyl (C=O) groups excluding carboxylic acids is 1. The van der Waals surface area contributed by atoms with Crippen molar-refractivity contribution in [2.45, 2.75) is 39.0 Å². The summed E-state index contributed by atoms with van der Waals surface area (Å²) >= 11 is 0. The van der Waals surface area contributed by atoms with Crippen molar-refractivity contribution in [3.63, 3.8) is 0 Å². The van der Waals surface area contributed by atoms with Crippen LogP contribution in [-0.2, 0) is 10.2 Å². The molecular formula is C25H27N3O4. The number of hydrogen-bond acceptors (Lipinski definition) is 6. The van der Waals surface area contributed by atoms with E-state index in [1.165, 1.54) is 0 Å². The van der Waals surface area contributed by atoms with Crippen molar-refractivity contribution >= 4 is 17.3 Å². The summed E-state index contributed by atoms with van der Waals surface area (Å²) in [5, 5.41) is 7.37. The zero-order chi connectivity index (χ0) is 22.3. The third kappa shape index (κ3) is 3.47. The van der Waals surface area contributed by atoms with Crippen molar-refractivity contribution in [3.05, 3.63) is 53.7 Å². The molecule has 3 aromatic rings. The molecular weight excluding hydrogens is 406 g/mol. The first-order chi connectivity index (χ1) is 15.5. The van der Waals surface area contributed by atoms with Crippen molar-refractivity contribution in [2.24, 2.45) is 0 Å². The second-order valence-electron chi connectivity index (χ2n) is 8.35. The zero-order valence-electron chi connectivity index (χ0n) is 18.6. The van der Waals surface area contributed by atoms with E-state index in [2.05, 4.69) is 41.4 Å². The molecule has 2 heterocycles. The molecule has 2 aromatic carbocycles. The quantitative estimate of drug-likeness (QED) is 0.571. The normalized spacial score (nSPS) is 15.5. The van der Waals surface area contributed by atoms with Gasteiger partial charge in [-0.1, -0.05) is 5.16 Å². The molecule has 1 aromatic heterocycles. The number of fused-ring (bicyclic) bond motifs is 1. The standard InChI is InChI=1S/C25H27N3O4/c1-4-28(5-2)18-7-8-19(16(3)12-18)26-24(29)25(10-11-25)23-14-21(32-27-23)17-6-9-20-22(13-17)31-15-30-20/h6-9,12-14H,4-5,10-11,15H2,1-3H3,(H,26,29). The molecule has 1 fully saturated rings. The lowest BCUT2D eigenvalue weighted by molar-refractivity contribution is -0.118. The number of benzene rings is 2. The van der Waals surface area contributed by atoms with Crippen molar-refractivity contribution in [2.75, 3.05) is 30.1 Å². The highest BCUT2D eigenvalue weighted by molar-refractivity contribution is 6.01. The lowest BCUT2D eigenvalue weighted by Crippen LogP contribution is -2.28. The third-order valence-corrected chi connectivity index (χ3v) is 6.43. The second-order valence-corrected chi connectivity index (χ2v) is 8.35. The molecule has 1 aliphatic carbocycles. The minimum absolute atomic E-state index is 0.0401. The van der Waals surface area contributed by atoms with Crippen LogP contribution in [0.5, 0.6) is 11.5 Å². The van der Waals surface area contributed by atoms with Gasteiger partial charge < -0.3 is 24.2 Å². The first kappa shape index (κ1) is 20.4. The van der Waals surface area contributed by atoms with Gasteiger partial charge in [0.2, 0.25) is 12.7 Å². The Morgan fingerprint density at radius 1 is 1.06 bits per heavy atom. The second kappa shape index (κ2) is 7.89. The lowest BCUT2D eigenvalue weighted by Gasteiger charge is -2.22. The highest BCUT2D eigenvalue weighted by atomic mass is 16.7. The first-order valence-electron chi connectivity index (χ1n) is 11.1. The molecule has 0 unspecified atom stereocenters. The van der Waals surface area contributed by atoms with Crippen LogP contribution in [0.1, 0.15) is 37.9 Å². The summed E-state index contributed by atoms with van der Waals surface area (Å²) in [6, 6.07) is 13.6. The van der Waals surface area contributed by atoms with E-state index in [9.17, 15) is 4.79 Å². The van der Waals surface area contributed by atoms with Gasteiger partial charge in [-0.2, -0.15) is 0 Å². The van der Waals surface area contributed by atoms with Gasteiger partial charge in [0, 0.05) is 36.1 Å². The van der Waals surface area contributed by atoms with Crippen LogP contribution in [0.15, 0.2) is 47.0 Å². The molecule has 0 saturated heterocycles. The van der Waals surface area contributed by atoms with E-state index >= 15 is 0 Å². The lowest BCUT2D eigenvalue weighted by atomic mass is 9.99. The van der Waals surface area contributed by atoms with E-state index in [1.54, 1.807) is 0 Å². The van der Waals surface area contributed by atoms with Crippen molar-refractivity contribution < 1.29 is 18.8 Å². The molecule has 2 aliphatic rings. The van der Waals surface area contributed by atoms with E-state index < -0.39 is 5.41 Å². The number of hydrogen-bond donors (Lipinski definition) is 1. The molecule has 32 heavy (non-hydrogen) atoms. The summed E-state index contributed by atoms with van der Waals surface area (Å²) in [4.78, 5) is 15.5. The Bertz CT molecular complexity index is 1160. The van der Waals surface area contributed by atoms with Crippen LogP contribution in [0.2, 0.25) is 0 Å². The minimum Gasteiger partial charge on any atom is -0.454 e. The zero-order valence-corrected chi connectivity index (χ0v) is 18.6. The highest BCUT2D eigenvalue weighted by Crippen LogP contribution is 2.49.